The minimum Gasteiger partial charge on any atom is -0.368 e. The van der Waals surface area contributed by atoms with Crippen molar-refractivity contribution < 1.29 is 4.79 Å². The molecule has 1 amide bonds. The van der Waals surface area contributed by atoms with Crippen LogP contribution in [0, 0.1) is 5.92 Å². The second-order valence-corrected chi connectivity index (χ2v) is 5.50. The quantitative estimate of drug-likeness (QED) is 0.731. The number of hydrogen-bond donors (Lipinski definition) is 2. The molecule has 1 saturated carbocycles. The molecule has 17 heavy (non-hydrogen) atoms. The van der Waals surface area contributed by atoms with Gasteiger partial charge in [0.2, 0.25) is 5.91 Å². The summed E-state index contributed by atoms with van der Waals surface area (Å²) in [5.41, 5.74) is 10.8. The third-order valence-corrected chi connectivity index (χ3v) is 4.23. The van der Waals surface area contributed by atoms with Gasteiger partial charge in [-0.05, 0) is 52.1 Å². The van der Waals surface area contributed by atoms with Gasteiger partial charge in [0.1, 0.15) is 0 Å². The zero-order chi connectivity index (χ0) is 13.1. The molecule has 100 valence electrons. The fourth-order valence-corrected chi connectivity index (χ4v) is 2.93. The molecule has 4 nitrogen and oxygen atoms in total. The molecular weight excluding hydrogens is 214 g/mol. The van der Waals surface area contributed by atoms with E-state index in [9.17, 15) is 4.79 Å². The number of amides is 1. The van der Waals surface area contributed by atoms with Crippen LogP contribution in [-0.2, 0) is 4.79 Å². The predicted molar refractivity (Wildman–Crippen MR) is 70.5 cm³/mol. The van der Waals surface area contributed by atoms with E-state index in [1.807, 2.05) is 0 Å². The lowest BCUT2D eigenvalue weighted by atomic mass is 9.85. The Kier molecular flexibility index (Phi) is 4.95. The molecule has 0 bridgehead atoms. The lowest BCUT2D eigenvalue weighted by molar-refractivity contribution is -0.124. The van der Waals surface area contributed by atoms with Crippen LogP contribution in [0.25, 0.3) is 0 Å². The van der Waals surface area contributed by atoms with Crippen molar-refractivity contribution in [2.45, 2.75) is 58.0 Å². The van der Waals surface area contributed by atoms with Crippen molar-refractivity contribution in [2.75, 3.05) is 13.1 Å². The SMILES string of the molecule is CCN(CCC1CCCC1(N)C(N)=O)C(C)C. The summed E-state index contributed by atoms with van der Waals surface area (Å²) in [6, 6.07) is 0.544. The van der Waals surface area contributed by atoms with Crippen molar-refractivity contribution in [3.63, 3.8) is 0 Å². The van der Waals surface area contributed by atoms with Gasteiger partial charge >= 0.3 is 0 Å². The van der Waals surface area contributed by atoms with Crippen molar-refractivity contribution in [3.05, 3.63) is 0 Å². The van der Waals surface area contributed by atoms with Gasteiger partial charge in [0.25, 0.3) is 0 Å². The zero-order valence-corrected chi connectivity index (χ0v) is 11.4. The Morgan fingerprint density at radius 2 is 2.18 bits per heavy atom. The van der Waals surface area contributed by atoms with Crippen molar-refractivity contribution in [1.82, 2.24) is 4.90 Å². The summed E-state index contributed by atoms with van der Waals surface area (Å²) in [5, 5.41) is 0. The first-order valence-electron chi connectivity index (χ1n) is 6.74. The van der Waals surface area contributed by atoms with E-state index in [1.54, 1.807) is 0 Å². The lowest BCUT2D eigenvalue weighted by Crippen LogP contribution is -2.55. The molecule has 0 spiro atoms. The minimum atomic E-state index is -0.754. The van der Waals surface area contributed by atoms with Gasteiger partial charge in [-0.2, -0.15) is 0 Å². The first-order chi connectivity index (χ1) is 7.91. The predicted octanol–water partition coefficient (Wildman–Crippen LogP) is 1.09. The normalized spacial score (nSPS) is 29.2. The molecule has 0 saturated heterocycles. The number of hydrogen-bond acceptors (Lipinski definition) is 3. The molecule has 4 heteroatoms. The molecule has 4 N–H and O–H groups in total. The van der Waals surface area contributed by atoms with Crippen LogP contribution in [0.4, 0.5) is 0 Å². The van der Waals surface area contributed by atoms with Crippen LogP contribution in [0.2, 0.25) is 0 Å². The fraction of sp³-hybridized carbons (Fsp3) is 0.923. The summed E-state index contributed by atoms with van der Waals surface area (Å²) in [6.07, 6.45) is 3.79. The summed E-state index contributed by atoms with van der Waals surface area (Å²) in [6.45, 7) is 8.60. The topological polar surface area (TPSA) is 72.3 Å². The van der Waals surface area contributed by atoms with Crippen LogP contribution in [0.5, 0.6) is 0 Å². The van der Waals surface area contributed by atoms with Crippen LogP contribution >= 0.6 is 0 Å². The van der Waals surface area contributed by atoms with Gasteiger partial charge in [0.05, 0.1) is 5.54 Å². The third kappa shape index (κ3) is 3.19. The Hall–Kier alpha value is -0.610. The molecule has 2 atom stereocenters. The maximum atomic E-state index is 11.5. The van der Waals surface area contributed by atoms with Gasteiger partial charge in [0.15, 0.2) is 0 Å². The summed E-state index contributed by atoms with van der Waals surface area (Å²) in [7, 11) is 0. The lowest BCUT2D eigenvalue weighted by Gasteiger charge is -2.31. The largest absolute Gasteiger partial charge is 0.368 e. The highest BCUT2D eigenvalue weighted by Gasteiger charge is 2.43. The molecule has 0 aliphatic heterocycles. The fourth-order valence-electron chi connectivity index (χ4n) is 2.93. The van der Waals surface area contributed by atoms with Crippen LogP contribution in [0.1, 0.15) is 46.5 Å². The number of rotatable bonds is 6. The van der Waals surface area contributed by atoms with Crippen molar-refractivity contribution in [3.8, 4) is 0 Å². The van der Waals surface area contributed by atoms with Crippen molar-refractivity contribution in [1.29, 1.82) is 0 Å². The first kappa shape index (κ1) is 14.5. The maximum Gasteiger partial charge on any atom is 0.237 e. The molecular formula is C13H27N3O. The molecule has 2 unspecified atom stereocenters. The molecule has 0 aromatic heterocycles. The maximum absolute atomic E-state index is 11.5. The number of nitrogens with zero attached hydrogens (tertiary/aromatic N) is 1. The van der Waals surface area contributed by atoms with E-state index in [-0.39, 0.29) is 11.8 Å². The highest BCUT2D eigenvalue weighted by molar-refractivity contribution is 5.85. The molecule has 1 rings (SSSR count). The second kappa shape index (κ2) is 5.83. The van der Waals surface area contributed by atoms with E-state index < -0.39 is 5.54 Å². The number of carbonyl (C=O) groups excluding carboxylic acids is 1. The molecule has 1 fully saturated rings. The summed E-state index contributed by atoms with van der Waals surface area (Å²) < 4.78 is 0. The van der Waals surface area contributed by atoms with E-state index in [4.69, 9.17) is 11.5 Å². The Morgan fingerprint density at radius 3 is 2.65 bits per heavy atom. The molecule has 0 radical (unpaired) electrons. The highest BCUT2D eigenvalue weighted by Crippen LogP contribution is 2.36. The highest BCUT2D eigenvalue weighted by atomic mass is 16.1. The molecule has 0 heterocycles. The minimum absolute atomic E-state index is 0.257. The Labute approximate surface area is 105 Å². The van der Waals surface area contributed by atoms with Crippen molar-refractivity contribution >= 4 is 5.91 Å². The smallest absolute Gasteiger partial charge is 0.237 e. The zero-order valence-electron chi connectivity index (χ0n) is 11.4. The Bertz CT molecular complexity index is 267. The van der Waals surface area contributed by atoms with E-state index in [0.29, 0.717) is 6.04 Å². The molecule has 0 aromatic carbocycles. The number of primary amides is 1. The number of carbonyl (C=O) groups is 1. The van der Waals surface area contributed by atoms with E-state index in [2.05, 4.69) is 25.7 Å². The monoisotopic (exact) mass is 241 g/mol. The Morgan fingerprint density at radius 1 is 1.53 bits per heavy atom. The average Bonchev–Trinajstić information content (AvgIpc) is 2.62. The van der Waals surface area contributed by atoms with Crippen LogP contribution in [-0.4, -0.2) is 35.5 Å². The van der Waals surface area contributed by atoms with Gasteiger partial charge < -0.3 is 16.4 Å². The summed E-state index contributed by atoms with van der Waals surface area (Å²) in [4.78, 5) is 13.9. The van der Waals surface area contributed by atoms with Gasteiger partial charge in [-0.3, -0.25) is 4.79 Å². The third-order valence-electron chi connectivity index (χ3n) is 4.23. The molecule has 1 aliphatic carbocycles. The van der Waals surface area contributed by atoms with Gasteiger partial charge in [-0.25, -0.2) is 0 Å². The standard InChI is InChI=1S/C13H27N3O/c1-4-16(10(2)3)9-7-11-6-5-8-13(11,15)12(14)17/h10-11H,4-9,15H2,1-3H3,(H2,14,17). The van der Waals surface area contributed by atoms with Gasteiger partial charge in [0, 0.05) is 6.04 Å². The Balaban J connectivity index is 2.54. The summed E-state index contributed by atoms with van der Waals surface area (Å²) >= 11 is 0. The number of nitrogens with two attached hydrogens (primary N) is 2. The van der Waals surface area contributed by atoms with Crippen LogP contribution in [0.3, 0.4) is 0 Å². The first-order valence-corrected chi connectivity index (χ1v) is 6.74. The molecule has 1 aliphatic rings. The summed E-state index contributed by atoms with van der Waals surface area (Å²) in [5.74, 6) is -0.0691. The van der Waals surface area contributed by atoms with Gasteiger partial charge in [-0.1, -0.05) is 13.3 Å². The van der Waals surface area contributed by atoms with Gasteiger partial charge in [-0.15, -0.1) is 0 Å². The van der Waals surface area contributed by atoms with E-state index in [1.165, 1.54) is 0 Å². The van der Waals surface area contributed by atoms with E-state index >= 15 is 0 Å². The van der Waals surface area contributed by atoms with Crippen LogP contribution in [0.15, 0.2) is 0 Å². The van der Waals surface area contributed by atoms with E-state index in [0.717, 1.165) is 38.8 Å². The van der Waals surface area contributed by atoms with Crippen LogP contribution < -0.4 is 11.5 Å². The molecule has 0 aromatic rings. The average molecular weight is 241 g/mol. The second-order valence-electron chi connectivity index (χ2n) is 5.50. The van der Waals surface area contributed by atoms with Crippen molar-refractivity contribution in [2.24, 2.45) is 17.4 Å².